The van der Waals surface area contributed by atoms with Gasteiger partial charge in [0.05, 0.1) is 11.9 Å². The van der Waals surface area contributed by atoms with Crippen LogP contribution in [0.15, 0.2) is 37.1 Å². The van der Waals surface area contributed by atoms with Crippen molar-refractivity contribution in [2.24, 2.45) is 5.92 Å². The molecule has 1 amide bonds. The minimum Gasteiger partial charge on any atom is -0.381 e. The molecular weight excluding hydrogens is 268 g/mol. The lowest BCUT2D eigenvalue weighted by Gasteiger charge is -2.08. The number of hydrogen-bond donors (Lipinski definition) is 1. The van der Waals surface area contributed by atoms with Gasteiger partial charge in [0.1, 0.15) is 12.1 Å². The number of pyridine rings is 1. The monoisotopic (exact) mass is 286 g/mol. The van der Waals surface area contributed by atoms with Crippen molar-refractivity contribution in [3.63, 3.8) is 0 Å². The van der Waals surface area contributed by atoms with E-state index in [0.29, 0.717) is 18.0 Å². The van der Waals surface area contributed by atoms with Crippen molar-refractivity contribution in [1.29, 1.82) is 0 Å². The van der Waals surface area contributed by atoms with Crippen LogP contribution in [0.25, 0.3) is 5.82 Å². The number of nitrogens with zero attached hydrogens (tertiary/aromatic N) is 3. The van der Waals surface area contributed by atoms with Crippen molar-refractivity contribution in [1.82, 2.24) is 14.5 Å². The first-order valence-corrected chi connectivity index (χ1v) is 7.13. The number of hydrogen-bond acceptors (Lipinski definition) is 4. The first kappa shape index (κ1) is 13.8. The molecule has 2 aromatic heterocycles. The van der Waals surface area contributed by atoms with Gasteiger partial charge in [0.25, 0.3) is 0 Å². The van der Waals surface area contributed by atoms with Gasteiger partial charge in [-0.05, 0) is 30.9 Å². The van der Waals surface area contributed by atoms with Crippen molar-refractivity contribution in [2.45, 2.75) is 19.3 Å². The van der Waals surface area contributed by atoms with Crippen LogP contribution in [0.4, 0.5) is 5.69 Å². The lowest BCUT2D eigenvalue weighted by Crippen LogP contribution is -2.13. The Hall–Kier alpha value is -2.21. The highest BCUT2D eigenvalue weighted by molar-refractivity contribution is 5.90. The Labute approximate surface area is 123 Å². The third-order valence-corrected chi connectivity index (χ3v) is 3.60. The minimum absolute atomic E-state index is 0.0269. The molecule has 1 atom stereocenters. The maximum Gasteiger partial charge on any atom is 0.224 e. The topological polar surface area (TPSA) is 69.0 Å². The molecule has 110 valence electrons. The summed E-state index contributed by atoms with van der Waals surface area (Å²) in [5.74, 6) is 1.32. The summed E-state index contributed by atoms with van der Waals surface area (Å²) in [6, 6.07) is 3.70. The van der Waals surface area contributed by atoms with Crippen molar-refractivity contribution in [3.05, 3.63) is 37.1 Å². The number of carbonyl (C=O) groups excluding carboxylic acids is 1. The van der Waals surface area contributed by atoms with Gasteiger partial charge >= 0.3 is 0 Å². The second-order valence-electron chi connectivity index (χ2n) is 5.19. The van der Waals surface area contributed by atoms with Crippen LogP contribution in [0, 0.1) is 5.92 Å². The molecule has 2 aromatic rings. The van der Waals surface area contributed by atoms with Gasteiger partial charge in [0, 0.05) is 32.0 Å². The van der Waals surface area contributed by atoms with Crippen molar-refractivity contribution in [2.75, 3.05) is 18.5 Å². The molecule has 6 heteroatoms. The summed E-state index contributed by atoms with van der Waals surface area (Å²) in [5.41, 5.74) is 0.714. The fourth-order valence-corrected chi connectivity index (χ4v) is 2.38. The normalized spacial score (nSPS) is 17.8. The van der Waals surface area contributed by atoms with Crippen molar-refractivity contribution >= 4 is 11.6 Å². The van der Waals surface area contributed by atoms with Crippen LogP contribution < -0.4 is 5.32 Å². The van der Waals surface area contributed by atoms with Crippen molar-refractivity contribution in [3.8, 4) is 5.82 Å². The van der Waals surface area contributed by atoms with Crippen LogP contribution in [0.5, 0.6) is 0 Å². The van der Waals surface area contributed by atoms with Crippen LogP contribution in [0.3, 0.4) is 0 Å². The predicted octanol–water partition coefficient (Wildman–Crippen LogP) is 2.02. The third-order valence-electron chi connectivity index (χ3n) is 3.60. The maximum absolute atomic E-state index is 11.9. The van der Waals surface area contributed by atoms with Crippen LogP contribution in [-0.4, -0.2) is 33.7 Å². The number of carbonyl (C=O) groups is 1. The van der Waals surface area contributed by atoms with Crippen LogP contribution in [0.1, 0.15) is 19.3 Å². The van der Waals surface area contributed by atoms with Gasteiger partial charge in [0.2, 0.25) is 5.91 Å². The fraction of sp³-hybridized carbons (Fsp3) is 0.400. The minimum atomic E-state index is 0.0269. The molecular formula is C15H18N4O2. The molecule has 1 unspecified atom stereocenters. The molecule has 3 heterocycles. The zero-order chi connectivity index (χ0) is 14.5. The highest BCUT2D eigenvalue weighted by Gasteiger charge is 2.16. The smallest absolute Gasteiger partial charge is 0.224 e. The zero-order valence-electron chi connectivity index (χ0n) is 11.7. The van der Waals surface area contributed by atoms with E-state index in [2.05, 4.69) is 15.3 Å². The third kappa shape index (κ3) is 3.66. The van der Waals surface area contributed by atoms with Crippen LogP contribution in [-0.2, 0) is 9.53 Å². The zero-order valence-corrected chi connectivity index (χ0v) is 11.7. The van der Waals surface area contributed by atoms with E-state index in [9.17, 15) is 4.79 Å². The molecule has 0 bridgehead atoms. The average Bonchev–Trinajstić information content (AvgIpc) is 3.19. The summed E-state index contributed by atoms with van der Waals surface area (Å²) in [4.78, 5) is 20.2. The Morgan fingerprint density at radius 3 is 3.10 bits per heavy atom. The summed E-state index contributed by atoms with van der Waals surface area (Å²) in [5, 5.41) is 2.87. The first-order chi connectivity index (χ1) is 10.3. The SMILES string of the molecule is O=C(CCC1CCOC1)Nc1ccc(-n2ccnc2)nc1. The molecule has 1 aliphatic heterocycles. The predicted molar refractivity (Wildman–Crippen MR) is 78.1 cm³/mol. The second-order valence-corrected chi connectivity index (χ2v) is 5.19. The standard InChI is InChI=1S/C15H18N4O2/c20-15(4-1-12-5-8-21-10-12)18-13-2-3-14(17-9-13)19-7-6-16-11-19/h2-3,6-7,9,11-12H,1,4-5,8,10H2,(H,18,20). The van der Waals surface area contributed by atoms with Gasteiger partial charge in [0.15, 0.2) is 0 Å². The molecule has 0 aliphatic carbocycles. The number of aromatic nitrogens is 3. The van der Waals surface area contributed by atoms with E-state index < -0.39 is 0 Å². The summed E-state index contributed by atoms with van der Waals surface area (Å²) in [6.07, 6.45) is 9.34. The van der Waals surface area contributed by atoms with E-state index in [0.717, 1.165) is 31.9 Å². The van der Waals surface area contributed by atoms with Gasteiger partial charge in [-0.2, -0.15) is 0 Å². The van der Waals surface area contributed by atoms with Gasteiger partial charge in [-0.25, -0.2) is 9.97 Å². The Kier molecular flexibility index (Phi) is 4.25. The first-order valence-electron chi connectivity index (χ1n) is 7.13. The number of nitrogens with one attached hydrogen (secondary N) is 1. The molecule has 0 saturated carbocycles. The highest BCUT2D eigenvalue weighted by Crippen LogP contribution is 2.18. The maximum atomic E-state index is 11.9. The Morgan fingerprint density at radius 2 is 2.43 bits per heavy atom. The molecule has 1 saturated heterocycles. The van der Waals surface area contributed by atoms with E-state index in [1.54, 1.807) is 18.7 Å². The lowest BCUT2D eigenvalue weighted by atomic mass is 10.0. The van der Waals surface area contributed by atoms with E-state index in [1.807, 2.05) is 22.9 Å². The second kappa shape index (κ2) is 6.49. The number of amides is 1. The molecule has 0 aromatic carbocycles. The van der Waals surface area contributed by atoms with Gasteiger partial charge in [-0.15, -0.1) is 0 Å². The molecule has 1 aliphatic rings. The number of ether oxygens (including phenoxy) is 1. The molecule has 0 spiro atoms. The molecule has 0 radical (unpaired) electrons. The fourth-order valence-electron chi connectivity index (χ4n) is 2.38. The quantitative estimate of drug-likeness (QED) is 0.913. The van der Waals surface area contributed by atoms with E-state index in [4.69, 9.17) is 4.74 Å². The van der Waals surface area contributed by atoms with E-state index in [-0.39, 0.29) is 5.91 Å². The number of imidazole rings is 1. The highest BCUT2D eigenvalue weighted by atomic mass is 16.5. The summed E-state index contributed by atoms with van der Waals surface area (Å²) in [6.45, 7) is 1.61. The number of anilines is 1. The summed E-state index contributed by atoms with van der Waals surface area (Å²) in [7, 11) is 0. The molecule has 1 N–H and O–H groups in total. The van der Waals surface area contributed by atoms with E-state index >= 15 is 0 Å². The van der Waals surface area contributed by atoms with Gasteiger partial charge in [-0.3, -0.25) is 9.36 Å². The summed E-state index contributed by atoms with van der Waals surface area (Å²) < 4.78 is 7.12. The van der Waals surface area contributed by atoms with E-state index in [1.165, 1.54) is 0 Å². The van der Waals surface area contributed by atoms with Crippen LogP contribution in [0.2, 0.25) is 0 Å². The van der Waals surface area contributed by atoms with Gasteiger partial charge < -0.3 is 10.1 Å². The van der Waals surface area contributed by atoms with Crippen molar-refractivity contribution < 1.29 is 9.53 Å². The summed E-state index contributed by atoms with van der Waals surface area (Å²) >= 11 is 0. The molecule has 3 rings (SSSR count). The molecule has 1 fully saturated rings. The molecule has 21 heavy (non-hydrogen) atoms. The Bertz CT molecular complexity index is 574. The molecule has 6 nitrogen and oxygen atoms in total. The largest absolute Gasteiger partial charge is 0.381 e. The Morgan fingerprint density at radius 1 is 1.48 bits per heavy atom. The number of rotatable bonds is 5. The Balaban J connectivity index is 1.51. The van der Waals surface area contributed by atoms with Gasteiger partial charge in [-0.1, -0.05) is 0 Å². The average molecular weight is 286 g/mol. The van der Waals surface area contributed by atoms with Crippen LogP contribution >= 0.6 is 0 Å². The lowest BCUT2D eigenvalue weighted by molar-refractivity contribution is -0.116.